The van der Waals surface area contributed by atoms with E-state index in [0.717, 1.165) is 12.1 Å². The molecule has 0 heterocycles. The highest BCUT2D eigenvalue weighted by Crippen LogP contribution is 2.21. The van der Waals surface area contributed by atoms with Crippen molar-refractivity contribution < 1.29 is 20.4 Å². The standard InChI is InChI=1S/C6H4FIO4S/c7-4-1-2-5(8-9)6(3-4)13(10,11)12/h1-3H,(H,10,11,12). The van der Waals surface area contributed by atoms with E-state index in [4.69, 9.17) is 4.55 Å². The van der Waals surface area contributed by atoms with E-state index in [0.29, 0.717) is 6.07 Å². The summed E-state index contributed by atoms with van der Waals surface area (Å²) in [6.45, 7) is 0. The first-order chi connectivity index (χ1) is 5.95. The second-order valence-electron chi connectivity index (χ2n) is 2.13. The number of halogens is 2. The third-order valence-corrected chi connectivity index (χ3v) is 3.93. The lowest BCUT2D eigenvalue weighted by molar-refractivity contribution is 0.481. The van der Waals surface area contributed by atoms with E-state index < -0.39 is 42.0 Å². The van der Waals surface area contributed by atoms with Crippen LogP contribution in [-0.2, 0) is 13.2 Å². The molecule has 0 saturated carbocycles. The summed E-state index contributed by atoms with van der Waals surface area (Å²) in [6.07, 6.45) is 0. The molecule has 1 N–H and O–H groups in total. The monoisotopic (exact) mass is 318 g/mol. The van der Waals surface area contributed by atoms with Crippen LogP contribution in [0.4, 0.5) is 4.39 Å². The average molecular weight is 318 g/mol. The normalized spacial score (nSPS) is 11.5. The molecule has 0 aliphatic heterocycles. The van der Waals surface area contributed by atoms with Gasteiger partial charge in [-0.25, -0.2) is 4.39 Å². The summed E-state index contributed by atoms with van der Waals surface area (Å²) < 4.78 is 52.9. The Morgan fingerprint density at radius 1 is 1.38 bits per heavy atom. The molecule has 1 aromatic carbocycles. The van der Waals surface area contributed by atoms with Crippen molar-refractivity contribution in [2.45, 2.75) is 4.90 Å². The van der Waals surface area contributed by atoms with Crippen LogP contribution in [0.3, 0.4) is 0 Å². The van der Waals surface area contributed by atoms with E-state index >= 15 is 0 Å². The molecule has 0 unspecified atom stereocenters. The fourth-order valence-corrected chi connectivity index (χ4v) is 3.06. The Morgan fingerprint density at radius 3 is 2.46 bits per heavy atom. The molecule has 0 saturated heterocycles. The lowest BCUT2D eigenvalue weighted by atomic mass is 10.3. The lowest BCUT2D eigenvalue weighted by Gasteiger charge is -1.98. The average Bonchev–Trinajstić information content (AvgIpc) is 2.03. The topological polar surface area (TPSA) is 71.4 Å². The fourth-order valence-electron chi connectivity index (χ4n) is 0.739. The van der Waals surface area contributed by atoms with Gasteiger partial charge in [-0.1, -0.05) is 0 Å². The van der Waals surface area contributed by atoms with E-state index in [9.17, 15) is 15.9 Å². The zero-order valence-electron chi connectivity index (χ0n) is 6.07. The van der Waals surface area contributed by atoms with Crippen molar-refractivity contribution >= 4 is 31.3 Å². The minimum absolute atomic E-state index is 0.0392. The first-order valence-corrected chi connectivity index (χ1v) is 6.39. The molecule has 0 amide bonds. The summed E-state index contributed by atoms with van der Waals surface area (Å²) in [5.41, 5.74) is 0. The Morgan fingerprint density at radius 2 is 2.00 bits per heavy atom. The molecular formula is C6H4FIO4S. The molecule has 0 atom stereocenters. The van der Waals surface area contributed by atoms with Gasteiger partial charge in [-0.3, -0.25) is 7.62 Å². The van der Waals surface area contributed by atoms with Gasteiger partial charge in [0.1, 0.15) is 10.7 Å². The van der Waals surface area contributed by atoms with E-state index in [1.54, 1.807) is 0 Å². The van der Waals surface area contributed by atoms with Crippen molar-refractivity contribution in [1.29, 1.82) is 0 Å². The molecule has 0 aromatic heterocycles. The SMILES string of the molecule is O=Ic1ccc(F)cc1S(=O)(=O)O. The second-order valence-corrected chi connectivity index (χ2v) is 5.12. The number of hydrogen-bond donors (Lipinski definition) is 1. The highest BCUT2D eigenvalue weighted by atomic mass is 127. The van der Waals surface area contributed by atoms with Crippen LogP contribution in [0.25, 0.3) is 0 Å². The predicted octanol–water partition coefficient (Wildman–Crippen LogP) is 1.56. The van der Waals surface area contributed by atoms with E-state index in [-0.39, 0.29) is 3.57 Å². The zero-order valence-corrected chi connectivity index (χ0v) is 9.04. The van der Waals surface area contributed by atoms with Crippen LogP contribution < -0.4 is 0 Å². The molecule has 7 heteroatoms. The molecule has 0 aliphatic rings. The molecule has 0 aliphatic carbocycles. The fraction of sp³-hybridized carbons (Fsp3) is 0. The summed E-state index contributed by atoms with van der Waals surface area (Å²) in [5.74, 6) is -0.797. The third kappa shape index (κ3) is 2.51. The van der Waals surface area contributed by atoms with Crippen molar-refractivity contribution in [3.8, 4) is 0 Å². The van der Waals surface area contributed by atoms with Crippen molar-refractivity contribution in [2.75, 3.05) is 0 Å². The van der Waals surface area contributed by atoms with Crippen molar-refractivity contribution in [1.82, 2.24) is 0 Å². The van der Waals surface area contributed by atoms with Crippen LogP contribution in [0.5, 0.6) is 0 Å². The molecule has 13 heavy (non-hydrogen) atoms. The number of benzene rings is 1. The molecule has 4 nitrogen and oxygen atoms in total. The number of hydrogen-bond acceptors (Lipinski definition) is 3. The van der Waals surface area contributed by atoms with Crippen LogP contribution >= 0.6 is 21.2 Å². The van der Waals surface area contributed by atoms with E-state index in [1.807, 2.05) is 0 Å². The Hall–Kier alpha value is -0.410. The summed E-state index contributed by atoms with van der Waals surface area (Å²) in [5, 5.41) is 0. The van der Waals surface area contributed by atoms with Crippen LogP contribution in [0.2, 0.25) is 0 Å². The summed E-state index contributed by atoms with van der Waals surface area (Å²) >= 11 is -1.75. The van der Waals surface area contributed by atoms with Crippen molar-refractivity contribution in [2.24, 2.45) is 0 Å². The first kappa shape index (κ1) is 10.7. The van der Waals surface area contributed by atoms with E-state index in [1.165, 1.54) is 0 Å². The Kier molecular flexibility index (Phi) is 3.09. The second kappa shape index (κ2) is 3.76. The van der Waals surface area contributed by atoms with Gasteiger partial charge in [0.2, 0.25) is 0 Å². The van der Waals surface area contributed by atoms with Gasteiger partial charge >= 0.3 is 0 Å². The van der Waals surface area contributed by atoms with Gasteiger partial charge in [0.25, 0.3) is 10.1 Å². The van der Waals surface area contributed by atoms with Gasteiger partial charge in [0, 0.05) is 0 Å². The predicted molar refractivity (Wildman–Crippen MR) is 49.6 cm³/mol. The van der Waals surface area contributed by atoms with Crippen LogP contribution in [0, 0.1) is 9.39 Å². The summed E-state index contributed by atoms with van der Waals surface area (Å²) in [6, 6.07) is 2.71. The van der Waals surface area contributed by atoms with E-state index in [2.05, 4.69) is 0 Å². The molecule has 0 spiro atoms. The van der Waals surface area contributed by atoms with Gasteiger partial charge in [-0.2, -0.15) is 8.42 Å². The maximum absolute atomic E-state index is 12.5. The van der Waals surface area contributed by atoms with Crippen LogP contribution in [-0.4, -0.2) is 13.0 Å². The first-order valence-electron chi connectivity index (χ1n) is 2.99. The quantitative estimate of drug-likeness (QED) is 0.663. The van der Waals surface area contributed by atoms with Crippen molar-refractivity contribution in [3.05, 3.63) is 27.6 Å². The minimum atomic E-state index is -4.48. The lowest BCUT2D eigenvalue weighted by Crippen LogP contribution is -2.01. The van der Waals surface area contributed by atoms with Gasteiger partial charge in [0.05, 0.1) is 3.57 Å². The largest absolute Gasteiger partial charge is 0.295 e. The molecule has 0 radical (unpaired) electrons. The van der Waals surface area contributed by atoms with Gasteiger partial charge < -0.3 is 0 Å². The molecule has 0 fully saturated rings. The highest BCUT2D eigenvalue weighted by molar-refractivity contribution is 14.1. The molecule has 0 bridgehead atoms. The van der Waals surface area contributed by atoms with Gasteiger partial charge in [-0.05, 0) is 18.2 Å². The summed E-state index contributed by atoms with van der Waals surface area (Å²) in [4.78, 5) is -0.615. The Labute approximate surface area is 84.2 Å². The number of rotatable bonds is 2. The van der Waals surface area contributed by atoms with Crippen LogP contribution in [0.15, 0.2) is 23.1 Å². The maximum atomic E-state index is 12.5. The molecular weight excluding hydrogens is 314 g/mol. The smallest absolute Gasteiger partial charge is 0.282 e. The Bertz CT molecular complexity index is 442. The minimum Gasteiger partial charge on any atom is -0.282 e. The summed E-state index contributed by atoms with van der Waals surface area (Å²) in [7, 11) is -4.48. The molecule has 1 aromatic rings. The van der Waals surface area contributed by atoms with Gasteiger partial charge in [-0.15, -0.1) is 0 Å². The van der Waals surface area contributed by atoms with Crippen LogP contribution in [0.1, 0.15) is 0 Å². The van der Waals surface area contributed by atoms with Crippen molar-refractivity contribution in [3.63, 3.8) is 0 Å². The Balaban J connectivity index is 3.50. The molecule has 1 rings (SSSR count). The molecule has 72 valence electrons. The maximum Gasteiger partial charge on any atom is 0.295 e. The highest BCUT2D eigenvalue weighted by Gasteiger charge is 2.16. The third-order valence-electron chi connectivity index (χ3n) is 1.25. The van der Waals surface area contributed by atoms with Gasteiger partial charge in [0.15, 0.2) is 21.2 Å². The zero-order chi connectivity index (χ0) is 10.1.